The Labute approximate surface area is 195 Å². The third-order valence-electron chi connectivity index (χ3n) is 4.27. The monoisotopic (exact) mass is 451 g/mol. The first-order chi connectivity index (χ1) is 14.2. The van der Waals surface area contributed by atoms with Gasteiger partial charge in [-0.25, -0.2) is 8.42 Å². The number of benzene rings is 3. The van der Waals surface area contributed by atoms with E-state index in [2.05, 4.69) is 10.2 Å². The zero-order valence-corrected chi connectivity index (χ0v) is 18.5. The molecule has 152 valence electrons. The minimum absolute atomic E-state index is 0. The molecule has 0 aliphatic carbocycles. The number of nitro benzene ring substituents is 1. The maximum atomic E-state index is 11.3. The maximum absolute atomic E-state index is 11.3. The molecule has 4 rings (SSSR count). The van der Waals surface area contributed by atoms with Crippen LogP contribution in [0.3, 0.4) is 0 Å². The van der Waals surface area contributed by atoms with E-state index < -0.39 is 37.1 Å². The van der Waals surface area contributed by atoms with Crippen molar-refractivity contribution in [3.8, 4) is 11.5 Å². The van der Waals surface area contributed by atoms with Gasteiger partial charge in [0.25, 0.3) is 5.69 Å². The van der Waals surface area contributed by atoms with Crippen LogP contribution in [0.1, 0.15) is 0 Å². The van der Waals surface area contributed by atoms with Crippen molar-refractivity contribution in [2.75, 3.05) is 0 Å². The third-order valence-corrected chi connectivity index (χ3v) is 5.12. The largest absolute Gasteiger partial charge is 1.00 e. The molecule has 13 heteroatoms. The zero-order valence-electron chi connectivity index (χ0n) is 15.7. The molecular formula is C18H10N3NaO8S. The third kappa shape index (κ3) is 4.11. The Bertz CT molecular complexity index is 1480. The Hall–Kier alpha value is -3.03. The second-order valence-electron chi connectivity index (χ2n) is 6.13. The van der Waals surface area contributed by atoms with Gasteiger partial charge in [0.2, 0.25) is 0 Å². The molecule has 0 amide bonds. The molecule has 0 unspecified atom stereocenters. The van der Waals surface area contributed by atoms with Crippen molar-refractivity contribution < 1.29 is 62.1 Å². The van der Waals surface area contributed by atoms with Crippen molar-refractivity contribution in [3.05, 3.63) is 58.6 Å². The first-order valence-electron chi connectivity index (χ1n) is 8.19. The number of rotatable bonds is 4. The molecule has 3 aromatic carbocycles. The molecule has 0 aliphatic rings. The Morgan fingerprint density at radius 3 is 2.39 bits per heavy atom. The molecule has 0 bridgehead atoms. The van der Waals surface area contributed by atoms with Crippen LogP contribution in [0.2, 0.25) is 0 Å². The fraction of sp³-hybridized carbons (Fsp3) is 0. The molecule has 0 radical (unpaired) electrons. The number of phenolic OH excluding ortho intramolecular Hbond substituents is 2. The van der Waals surface area contributed by atoms with E-state index in [0.29, 0.717) is 28.0 Å². The minimum Gasteiger partial charge on any atom is -0.744 e. The van der Waals surface area contributed by atoms with Crippen LogP contribution in [0.4, 0.5) is 17.1 Å². The van der Waals surface area contributed by atoms with E-state index in [1.165, 1.54) is 12.1 Å². The second-order valence-corrected chi connectivity index (χ2v) is 7.48. The molecule has 0 spiro atoms. The molecule has 2 N–H and O–H groups in total. The molecule has 4 aromatic rings. The zero-order chi connectivity index (χ0) is 21.6. The van der Waals surface area contributed by atoms with Gasteiger partial charge in [0.05, 0.1) is 10.3 Å². The average Bonchev–Trinajstić information content (AvgIpc) is 3.06. The summed E-state index contributed by atoms with van der Waals surface area (Å²) >= 11 is 0. The Morgan fingerprint density at radius 1 is 1.00 bits per heavy atom. The maximum Gasteiger partial charge on any atom is 1.00 e. The number of nitro groups is 1. The van der Waals surface area contributed by atoms with Crippen LogP contribution in [0, 0.1) is 10.1 Å². The number of azo groups is 1. The van der Waals surface area contributed by atoms with Crippen LogP contribution in [0.15, 0.2) is 68.1 Å². The van der Waals surface area contributed by atoms with E-state index in [1.54, 1.807) is 24.3 Å². The SMILES string of the molecule is O=[N+]([O-])c1cc(N=Nc2c(O)ccc3oc4ccccc4c23)c(O)c(S(=O)(=O)[O-])c1.[Na+]. The Kier molecular flexibility index (Phi) is 6.02. The van der Waals surface area contributed by atoms with Gasteiger partial charge in [-0.05, 0) is 18.2 Å². The van der Waals surface area contributed by atoms with Crippen LogP contribution in [-0.2, 0) is 10.1 Å². The van der Waals surface area contributed by atoms with E-state index in [1.807, 2.05) is 0 Å². The fourth-order valence-electron chi connectivity index (χ4n) is 2.94. The van der Waals surface area contributed by atoms with Crippen LogP contribution in [0.5, 0.6) is 11.5 Å². The van der Waals surface area contributed by atoms with Gasteiger partial charge in [-0.2, -0.15) is 0 Å². The van der Waals surface area contributed by atoms with Crippen molar-refractivity contribution >= 4 is 49.1 Å². The summed E-state index contributed by atoms with van der Waals surface area (Å²) < 4.78 is 39.7. The van der Waals surface area contributed by atoms with Gasteiger partial charge in [0.1, 0.15) is 43.3 Å². The first-order valence-corrected chi connectivity index (χ1v) is 9.60. The molecule has 1 aromatic heterocycles. The predicted octanol–water partition coefficient (Wildman–Crippen LogP) is 1.23. The number of fused-ring (bicyclic) bond motifs is 3. The summed E-state index contributed by atoms with van der Waals surface area (Å²) in [6.07, 6.45) is 0. The fourth-order valence-corrected chi connectivity index (χ4v) is 3.55. The van der Waals surface area contributed by atoms with Gasteiger partial charge in [-0.15, -0.1) is 10.2 Å². The van der Waals surface area contributed by atoms with Gasteiger partial charge < -0.3 is 19.2 Å². The van der Waals surface area contributed by atoms with E-state index in [0.717, 1.165) is 6.07 Å². The van der Waals surface area contributed by atoms with Gasteiger partial charge in [-0.3, -0.25) is 10.1 Å². The smallest absolute Gasteiger partial charge is 0.744 e. The van der Waals surface area contributed by atoms with E-state index >= 15 is 0 Å². The number of hydrogen-bond acceptors (Lipinski definition) is 10. The summed E-state index contributed by atoms with van der Waals surface area (Å²) in [5.74, 6) is -1.40. The van der Waals surface area contributed by atoms with Crippen molar-refractivity contribution in [1.29, 1.82) is 0 Å². The molecule has 1 heterocycles. The van der Waals surface area contributed by atoms with Crippen LogP contribution in [0.25, 0.3) is 21.9 Å². The van der Waals surface area contributed by atoms with Crippen molar-refractivity contribution in [3.63, 3.8) is 0 Å². The molecule has 0 saturated heterocycles. The second kappa shape index (κ2) is 8.24. The Balaban J connectivity index is 0.00000272. The average molecular weight is 451 g/mol. The van der Waals surface area contributed by atoms with Crippen molar-refractivity contribution in [1.82, 2.24) is 0 Å². The molecule has 11 nitrogen and oxygen atoms in total. The van der Waals surface area contributed by atoms with Crippen LogP contribution in [-0.4, -0.2) is 28.1 Å². The van der Waals surface area contributed by atoms with E-state index in [-0.39, 0.29) is 41.0 Å². The van der Waals surface area contributed by atoms with Gasteiger partial charge in [0.15, 0.2) is 5.75 Å². The molecule has 0 fully saturated rings. The van der Waals surface area contributed by atoms with E-state index in [4.69, 9.17) is 4.42 Å². The summed E-state index contributed by atoms with van der Waals surface area (Å²) in [6, 6.07) is 10.9. The number of para-hydroxylation sites is 1. The number of furan rings is 1. The predicted molar refractivity (Wildman–Crippen MR) is 102 cm³/mol. The standard InChI is InChI=1S/C18H11N3O8S.Na/c22-12-5-6-14-16(10-3-1-2-4-13(10)29-14)17(12)20-19-11-7-9(21(24)25)8-15(18(11)23)30(26,27)28;/h1-8,22-23H,(H,26,27,28);/q;+1/p-1. The Morgan fingerprint density at radius 2 is 1.71 bits per heavy atom. The number of hydrogen-bond donors (Lipinski definition) is 2. The molecular weight excluding hydrogens is 441 g/mol. The summed E-state index contributed by atoms with van der Waals surface area (Å²) in [4.78, 5) is 8.90. The quantitative estimate of drug-likeness (QED) is 0.153. The molecule has 0 atom stereocenters. The summed E-state index contributed by atoms with van der Waals surface area (Å²) in [6.45, 7) is 0. The normalized spacial score (nSPS) is 11.8. The van der Waals surface area contributed by atoms with Gasteiger partial charge in [0, 0.05) is 17.5 Å². The molecule has 31 heavy (non-hydrogen) atoms. The van der Waals surface area contributed by atoms with Crippen LogP contribution >= 0.6 is 0 Å². The van der Waals surface area contributed by atoms with E-state index in [9.17, 15) is 33.3 Å². The number of non-ortho nitro benzene ring substituents is 1. The summed E-state index contributed by atoms with van der Waals surface area (Å²) in [5, 5.41) is 39.9. The summed E-state index contributed by atoms with van der Waals surface area (Å²) in [5.41, 5.74) is -0.619. The topological polar surface area (TPSA) is 179 Å². The van der Waals surface area contributed by atoms with Gasteiger partial charge in [-0.1, -0.05) is 18.2 Å². The van der Waals surface area contributed by atoms with Crippen molar-refractivity contribution in [2.24, 2.45) is 10.2 Å². The van der Waals surface area contributed by atoms with Crippen molar-refractivity contribution in [2.45, 2.75) is 4.90 Å². The first kappa shape index (κ1) is 22.7. The van der Waals surface area contributed by atoms with Gasteiger partial charge >= 0.3 is 29.6 Å². The minimum atomic E-state index is -5.23. The number of nitrogens with zero attached hydrogens (tertiary/aromatic N) is 3. The molecule has 0 saturated carbocycles. The summed E-state index contributed by atoms with van der Waals surface area (Å²) in [7, 11) is -5.23. The number of aromatic hydroxyl groups is 2. The van der Waals surface area contributed by atoms with Crippen LogP contribution < -0.4 is 29.6 Å². The molecule has 0 aliphatic heterocycles. The number of phenols is 2.